The number of halogens is 1. The van der Waals surface area contributed by atoms with Crippen LogP contribution in [-0.2, 0) is 42.7 Å². The molecule has 0 spiro atoms. The van der Waals surface area contributed by atoms with Crippen molar-refractivity contribution >= 4 is 29.4 Å². The van der Waals surface area contributed by atoms with Crippen LogP contribution in [0.2, 0.25) is 0 Å². The van der Waals surface area contributed by atoms with Crippen LogP contribution in [0.25, 0.3) is 11.1 Å². The minimum absolute atomic E-state index is 0.102. The highest BCUT2D eigenvalue weighted by Gasteiger charge is 2.40. The van der Waals surface area contributed by atoms with Crippen LogP contribution in [0.1, 0.15) is 64.7 Å². The van der Waals surface area contributed by atoms with Crippen molar-refractivity contribution in [2.75, 3.05) is 78.5 Å². The summed E-state index contributed by atoms with van der Waals surface area (Å²) in [4.78, 5) is 73.1. The lowest BCUT2D eigenvalue weighted by atomic mass is 9.91. The van der Waals surface area contributed by atoms with Gasteiger partial charge in [-0.05, 0) is 98.6 Å². The molecule has 0 saturated carbocycles. The molecule has 5 amide bonds. The van der Waals surface area contributed by atoms with Crippen LogP contribution in [0.5, 0.6) is 11.5 Å². The zero-order chi connectivity index (χ0) is 42.2. The highest BCUT2D eigenvalue weighted by atomic mass is 19.1. The van der Waals surface area contributed by atoms with E-state index in [2.05, 4.69) is 20.4 Å². The number of piperidine rings is 2. The number of hydrogen-bond acceptors (Lipinski definition) is 10. The number of nitrogens with one attached hydrogen (secondary N) is 2. The number of benzene rings is 2. The number of rotatable bonds is 10. The van der Waals surface area contributed by atoms with Gasteiger partial charge in [-0.1, -0.05) is 0 Å². The molecule has 0 radical (unpaired) electrons. The Hall–Kier alpha value is -5.48. The van der Waals surface area contributed by atoms with Gasteiger partial charge in [0.2, 0.25) is 11.8 Å². The van der Waals surface area contributed by atoms with Gasteiger partial charge in [0, 0.05) is 89.2 Å². The maximum atomic E-state index is 15.5. The number of methoxy groups -OCH3 is 2. The molecule has 3 aromatic rings. The van der Waals surface area contributed by atoms with Gasteiger partial charge in [-0.2, -0.15) is 0 Å². The fourth-order valence-corrected chi connectivity index (χ4v) is 9.73. The number of anilines is 1. The fraction of sp³-hybridized carbons (Fsp3) is 0.523. The molecular formula is C44H55FN8O7. The molecule has 0 aliphatic carbocycles. The Balaban J connectivity index is 0.841. The second-order valence-corrected chi connectivity index (χ2v) is 16.7. The number of aryl methyl sites for hydroxylation is 1. The summed E-state index contributed by atoms with van der Waals surface area (Å²) in [7, 11) is 6.68. The lowest BCUT2D eigenvalue weighted by Crippen LogP contribution is -2.52. The number of ether oxygens (including phenoxy) is 2. The number of likely N-dealkylation sites (tertiary alicyclic amines) is 1. The predicted molar refractivity (Wildman–Crippen MR) is 223 cm³/mol. The van der Waals surface area contributed by atoms with Crippen molar-refractivity contribution < 1.29 is 33.0 Å². The molecule has 1 atom stereocenters. The Morgan fingerprint density at radius 2 is 1.57 bits per heavy atom. The fourth-order valence-electron chi connectivity index (χ4n) is 9.73. The smallest absolute Gasteiger partial charge is 0.317 e. The third kappa shape index (κ3) is 8.06. The average molecular weight is 827 g/mol. The molecule has 8 rings (SSSR count). The normalized spacial score (nSPS) is 20.2. The number of urea groups is 1. The number of pyridine rings is 1. The Bertz CT molecular complexity index is 2220. The molecule has 1 unspecified atom stereocenters. The van der Waals surface area contributed by atoms with Crippen molar-refractivity contribution in [2.24, 2.45) is 13.0 Å². The molecule has 5 aliphatic rings. The van der Waals surface area contributed by atoms with Crippen LogP contribution in [0.15, 0.2) is 35.3 Å². The van der Waals surface area contributed by atoms with Gasteiger partial charge in [-0.3, -0.25) is 34.3 Å². The molecule has 16 heteroatoms. The van der Waals surface area contributed by atoms with Crippen molar-refractivity contribution in [1.82, 2.24) is 34.8 Å². The number of carbonyl (C=O) groups excluding carboxylic acids is 4. The second-order valence-electron chi connectivity index (χ2n) is 16.7. The summed E-state index contributed by atoms with van der Waals surface area (Å²) < 4.78 is 29.0. The molecule has 3 saturated heterocycles. The van der Waals surface area contributed by atoms with E-state index in [0.29, 0.717) is 60.9 Å². The quantitative estimate of drug-likeness (QED) is 0.293. The minimum Gasteiger partial charge on any atom is -0.496 e. The summed E-state index contributed by atoms with van der Waals surface area (Å²) in [5, 5.41) is 4.98. The van der Waals surface area contributed by atoms with Gasteiger partial charge in [-0.25, -0.2) is 9.18 Å². The zero-order valence-corrected chi connectivity index (χ0v) is 35.0. The highest BCUT2D eigenvalue weighted by Crippen LogP contribution is 2.39. The van der Waals surface area contributed by atoms with E-state index >= 15 is 4.39 Å². The van der Waals surface area contributed by atoms with Gasteiger partial charge in [-0.15, -0.1) is 0 Å². The SMILES string of the molecule is CNC(=O)N1CCc2c(-c3cc(OC)c(CN4CCC(CCN5CCN(c6cc7c(cc6F)CN(C6CCC(=O)NC6=O)C7=O)CC5)CC4)c(OC)c3)cn(C)c(=O)c2C1. The first-order valence-electron chi connectivity index (χ1n) is 21.1. The summed E-state index contributed by atoms with van der Waals surface area (Å²) in [5.74, 6) is 0.599. The minimum atomic E-state index is -0.728. The summed E-state index contributed by atoms with van der Waals surface area (Å²) in [6.07, 6.45) is 6.15. The first kappa shape index (κ1) is 41.3. The number of amides is 5. The van der Waals surface area contributed by atoms with E-state index in [1.54, 1.807) is 43.8 Å². The second kappa shape index (κ2) is 17.2. The van der Waals surface area contributed by atoms with Gasteiger partial charge >= 0.3 is 6.03 Å². The third-order valence-corrected chi connectivity index (χ3v) is 13.2. The number of imide groups is 1. The Morgan fingerprint density at radius 1 is 0.850 bits per heavy atom. The third-order valence-electron chi connectivity index (χ3n) is 13.2. The number of fused-ring (bicyclic) bond motifs is 2. The summed E-state index contributed by atoms with van der Waals surface area (Å²) in [5.41, 5.74) is 5.71. The Morgan fingerprint density at radius 3 is 2.23 bits per heavy atom. The van der Waals surface area contributed by atoms with Crippen LogP contribution in [-0.4, -0.2) is 128 Å². The molecule has 6 heterocycles. The number of piperazine rings is 1. The van der Waals surface area contributed by atoms with Crippen molar-refractivity contribution in [3.8, 4) is 22.6 Å². The van der Waals surface area contributed by atoms with Crippen LogP contribution in [0.3, 0.4) is 0 Å². The number of hydrogen-bond donors (Lipinski definition) is 2. The average Bonchev–Trinajstić information content (AvgIpc) is 3.57. The van der Waals surface area contributed by atoms with Crippen LogP contribution >= 0.6 is 0 Å². The van der Waals surface area contributed by atoms with Crippen LogP contribution in [0.4, 0.5) is 14.9 Å². The van der Waals surface area contributed by atoms with Gasteiger partial charge < -0.3 is 34.1 Å². The molecule has 60 heavy (non-hydrogen) atoms. The molecule has 2 aromatic carbocycles. The molecule has 320 valence electrons. The highest BCUT2D eigenvalue weighted by molar-refractivity contribution is 6.05. The van der Waals surface area contributed by atoms with Crippen LogP contribution in [0, 0.1) is 11.7 Å². The predicted octanol–water partition coefficient (Wildman–Crippen LogP) is 3.09. The summed E-state index contributed by atoms with van der Waals surface area (Å²) >= 11 is 0. The molecule has 1 aromatic heterocycles. The van der Waals surface area contributed by atoms with E-state index in [4.69, 9.17) is 9.47 Å². The van der Waals surface area contributed by atoms with E-state index in [0.717, 1.165) is 85.7 Å². The number of aromatic nitrogens is 1. The van der Waals surface area contributed by atoms with E-state index in [-0.39, 0.29) is 55.2 Å². The van der Waals surface area contributed by atoms with Crippen molar-refractivity contribution in [3.05, 3.63) is 74.5 Å². The van der Waals surface area contributed by atoms with E-state index in [1.165, 1.54) is 11.0 Å². The van der Waals surface area contributed by atoms with Crippen molar-refractivity contribution in [3.63, 3.8) is 0 Å². The van der Waals surface area contributed by atoms with Gasteiger partial charge in [0.25, 0.3) is 11.5 Å². The maximum Gasteiger partial charge on any atom is 0.317 e. The number of nitrogens with zero attached hydrogens (tertiary/aromatic N) is 6. The molecule has 3 fully saturated rings. The van der Waals surface area contributed by atoms with E-state index < -0.39 is 11.9 Å². The van der Waals surface area contributed by atoms with Crippen LogP contribution < -0.4 is 30.6 Å². The number of carbonyl (C=O) groups is 4. The molecule has 2 N–H and O–H groups in total. The monoisotopic (exact) mass is 826 g/mol. The lowest BCUT2D eigenvalue weighted by molar-refractivity contribution is -0.136. The van der Waals surface area contributed by atoms with E-state index in [9.17, 15) is 24.0 Å². The summed E-state index contributed by atoms with van der Waals surface area (Å²) in [6, 6.07) is 6.22. The molecule has 5 aliphatic heterocycles. The van der Waals surface area contributed by atoms with Gasteiger partial charge in [0.15, 0.2) is 0 Å². The lowest BCUT2D eigenvalue weighted by Gasteiger charge is -2.38. The molecular weight excluding hydrogens is 772 g/mol. The topological polar surface area (TPSA) is 149 Å². The Kier molecular flexibility index (Phi) is 11.9. The van der Waals surface area contributed by atoms with Gasteiger partial charge in [0.05, 0.1) is 32.0 Å². The summed E-state index contributed by atoms with van der Waals surface area (Å²) in [6.45, 7) is 7.43. The van der Waals surface area contributed by atoms with E-state index in [1.807, 2.05) is 23.2 Å². The Labute approximate surface area is 349 Å². The molecule has 0 bridgehead atoms. The van der Waals surface area contributed by atoms with Crippen molar-refractivity contribution in [2.45, 2.75) is 64.2 Å². The first-order chi connectivity index (χ1) is 29.0. The van der Waals surface area contributed by atoms with Gasteiger partial charge in [0.1, 0.15) is 23.4 Å². The zero-order valence-electron chi connectivity index (χ0n) is 35.0. The standard InChI is InChI=1S/C44H55FN8O7/c1-46-44(58)52-14-10-30-32(24-48(2)42(56)33(30)26-52)28-20-38(59-3)34(39(21-28)60-4)25-50-12-8-27(9-13-50)7-11-49-15-17-51(18-16-49)37-22-31-29(19-35(37)45)23-53(43(31)57)36-5-6-40(54)47-41(36)55/h19-22,24,27,36H,5-18,23,25-26H2,1-4H3,(H,46,58)(H,47,54,55). The maximum absolute atomic E-state index is 15.5. The van der Waals surface area contributed by atoms with Crippen molar-refractivity contribution in [1.29, 1.82) is 0 Å². The first-order valence-corrected chi connectivity index (χ1v) is 21.1. The largest absolute Gasteiger partial charge is 0.496 e. The molecule has 15 nitrogen and oxygen atoms in total.